The average Bonchev–Trinajstić information content (AvgIpc) is 3.17. The zero-order chi connectivity index (χ0) is 20.2. The van der Waals surface area contributed by atoms with E-state index >= 15 is 0 Å². The molecule has 29 heavy (non-hydrogen) atoms. The van der Waals surface area contributed by atoms with Crippen LogP contribution in [-0.2, 0) is 11.2 Å². The van der Waals surface area contributed by atoms with Gasteiger partial charge in [0.1, 0.15) is 11.3 Å². The van der Waals surface area contributed by atoms with Gasteiger partial charge in [0.25, 0.3) is 0 Å². The fourth-order valence-corrected chi connectivity index (χ4v) is 3.36. The Balaban J connectivity index is 1.67. The number of furan rings is 1. The molecule has 3 aromatic carbocycles. The molecule has 0 N–H and O–H groups in total. The summed E-state index contributed by atoms with van der Waals surface area (Å²) in [5.74, 6) is 0.162. The monoisotopic (exact) mass is 381 g/mol. The topological polar surface area (TPSA) is 63.2 Å². The summed E-state index contributed by atoms with van der Waals surface area (Å²) < 4.78 is 11.0. The highest BCUT2D eigenvalue weighted by Gasteiger charge is 2.15. The van der Waals surface area contributed by atoms with Gasteiger partial charge in [0.15, 0.2) is 0 Å². The van der Waals surface area contributed by atoms with E-state index in [9.17, 15) is 10.1 Å². The zero-order valence-electron chi connectivity index (χ0n) is 16.0. The number of nitriles is 1. The minimum absolute atomic E-state index is 0.289. The molecule has 4 aromatic rings. The number of benzene rings is 3. The van der Waals surface area contributed by atoms with E-state index in [1.165, 1.54) is 11.1 Å². The number of hydrogen-bond acceptors (Lipinski definition) is 4. The molecule has 0 aliphatic rings. The van der Waals surface area contributed by atoms with Crippen molar-refractivity contribution in [1.82, 2.24) is 0 Å². The second-order valence-corrected chi connectivity index (χ2v) is 6.74. The average molecular weight is 381 g/mol. The summed E-state index contributed by atoms with van der Waals surface area (Å²) in [4.78, 5) is 11.9. The molecule has 0 atom stereocenters. The molecule has 0 saturated heterocycles. The predicted octanol–water partition coefficient (Wildman–Crippen LogP) is 5.74. The molecule has 4 nitrogen and oxygen atoms in total. The first-order chi connectivity index (χ1) is 14.2. The van der Waals surface area contributed by atoms with Crippen molar-refractivity contribution < 1.29 is 13.9 Å². The Morgan fingerprint density at radius 3 is 2.59 bits per heavy atom. The van der Waals surface area contributed by atoms with Gasteiger partial charge in [-0.25, -0.2) is 4.79 Å². The molecule has 1 aromatic heterocycles. The van der Waals surface area contributed by atoms with Gasteiger partial charge >= 0.3 is 5.97 Å². The second kappa shape index (κ2) is 8.04. The molecule has 1 heterocycles. The van der Waals surface area contributed by atoms with Crippen LogP contribution >= 0.6 is 0 Å². The van der Waals surface area contributed by atoms with Crippen molar-refractivity contribution in [2.75, 3.05) is 6.61 Å². The maximum atomic E-state index is 11.9. The fraction of sp³-hybridized carbons (Fsp3) is 0.120. The van der Waals surface area contributed by atoms with Gasteiger partial charge in [-0.3, -0.25) is 0 Å². The van der Waals surface area contributed by atoms with Gasteiger partial charge in [0, 0.05) is 10.9 Å². The lowest BCUT2D eigenvalue weighted by molar-refractivity contribution is 0.0526. The zero-order valence-corrected chi connectivity index (χ0v) is 16.0. The molecule has 0 bridgehead atoms. The molecule has 142 valence electrons. The van der Waals surface area contributed by atoms with Crippen molar-refractivity contribution >= 4 is 16.9 Å². The molecule has 0 radical (unpaired) electrons. The standard InChI is InChI=1S/C25H19NO3/c1-2-28-25(27)19-9-10-22(21(14-19)16-26)24-15-20-13-18(8-11-23(20)29-24)12-17-6-4-3-5-7-17/h3-11,13-15H,2,12H2,1H3. The van der Waals surface area contributed by atoms with Crippen molar-refractivity contribution in [3.8, 4) is 17.4 Å². The summed E-state index contributed by atoms with van der Waals surface area (Å²) >= 11 is 0. The lowest BCUT2D eigenvalue weighted by atomic mass is 10.0. The van der Waals surface area contributed by atoms with Crippen LogP contribution in [0.15, 0.2) is 77.2 Å². The smallest absolute Gasteiger partial charge is 0.338 e. The van der Waals surface area contributed by atoms with E-state index < -0.39 is 5.97 Å². The highest BCUT2D eigenvalue weighted by molar-refractivity contribution is 5.91. The largest absolute Gasteiger partial charge is 0.462 e. The first-order valence-corrected chi connectivity index (χ1v) is 9.46. The van der Waals surface area contributed by atoms with Crippen LogP contribution in [0.1, 0.15) is 34.0 Å². The van der Waals surface area contributed by atoms with Crippen LogP contribution in [0.25, 0.3) is 22.3 Å². The van der Waals surface area contributed by atoms with E-state index in [0.29, 0.717) is 22.5 Å². The third kappa shape index (κ3) is 3.90. The summed E-state index contributed by atoms with van der Waals surface area (Å²) in [6.45, 7) is 2.04. The molecule has 0 aliphatic heterocycles. The summed E-state index contributed by atoms with van der Waals surface area (Å²) in [7, 11) is 0. The van der Waals surface area contributed by atoms with Gasteiger partial charge in [-0.1, -0.05) is 36.4 Å². The molecule has 0 amide bonds. The van der Waals surface area contributed by atoms with Crippen molar-refractivity contribution in [3.63, 3.8) is 0 Å². The number of hydrogen-bond donors (Lipinski definition) is 0. The van der Waals surface area contributed by atoms with Crippen LogP contribution in [0.2, 0.25) is 0 Å². The molecule has 0 saturated carbocycles. The SMILES string of the molecule is CCOC(=O)c1ccc(-c2cc3cc(Cc4ccccc4)ccc3o2)c(C#N)c1. The van der Waals surface area contributed by atoms with Crippen molar-refractivity contribution in [2.45, 2.75) is 13.3 Å². The Bertz CT molecular complexity index is 1220. The van der Waals surface area contributed by atoms with Crippen LogP contribution < -0.4 is 0 Å². The normalized spacial score (nSPS) is 10.6. The predicted molar refractivity (Wildman–Crippen MR) is 112 cm³/mol. The van der Waals surface area contributed by atoms with Crippen molar-refractivity contribution in [2.24, 2.45) is 0 Å². The first-order valence-electron chi connectivity index (χ1n) is 9.46. The van der Waals surface area contributed by atoms with Gasteiger partial charge in [0.05, 0.1) is 23.8 Å². The first kappa shape index (κ1) is 18.5. The van der Waals surface area contributed by atoms with Crippen LogP contribution in [0.5, 0.6) is 0 Å². The van der Waals surface area contributed by atoms with Gasteiger partial charge in [-0.15, -0.1) is 0 Å². The van der Waals surface area contributed by atoms with E-state index in [1.54, 1.807) is 25.1 Å². The van der Waals surface area contributed by atoms with E-state index in [4.69, 9.17) is 9.15 Å². The second-order valence-electron chi connectivity index (χ2n) is 6.74. The molecule has 4 heteroatoms. The fourth-order valence-electron chi connectivity index (χ4n) is 3.36. The third-order valence-electron chi connectivity index (χ3n) is 4.75. The van der Waals surface area contributed by atoms with Gasteiger partial charge in [0.2, 0.25) is 0 Å². The third-order valence-corrected chi connectivity index (χ3v) is 4.75. The number of carbonyl (C=O) groups is 1. The molecule has 0 spiro atoms. The number of fused-ring (bicyclic) bond motifs is 1. The molecule has 0 fully saturated rings. The maximum Gasteiger partial charge on any atom is 0.338 e. The minimum atomic E-state index is -0.439. The van der Waals surface area contributed by atoms with Crippen molar-refractivity contribution in [1.29, 1.82) is 5.26 Å². The molecule has 4 rings (SSSR count). The number of esters is 1. The summed E-state index contributed by atoms with van der Waals surface area (Å²) in [6.07, 6.45) is 0.842. The Kier molecular flexibility index (Phi) is 5.13. The quantitative estimate of drug-likeness (QED) is 0.414. The highest BCUT2D eigenvalue weighted by atomic mass is 16.5. The number of rotatable bonds is 5. The lowest BCUT2D eigenvalue weighted by Gasteiger charge is -2.05. The van der Waals surface area contributed by atoms with Crippen LogP contribution in [0.3, 0.4) is 0 Å². The van der Waals surface area contributed by atoms with E-state index in [-0.39, 0.29) is 6.61 Å². The molecule has 0 aliphatic carbocycles. The number of ether oxygens (including phenoxy) is 1. The molecule has 0 unspecified atom stereocenters. The Hall–Kier alpha value is -3.84. The Labute approximate surface area is 169 Å². The van der Waals surface area contributed by atoms with Crippen molar-refractivity contribution in [3.05, 3.63) is 95.1 Å². The Morgan fingerprint density at radius 2 is 1.83 bits per heavy atom. The van der Waals surface area contributed by atoms with Crippen LogP contribution in [0.4, 0.5) is 0 Å². The van der Waals surface area contributed by atoms with E-state index in [0.717, 1.165) is 17.4 Å². The number of nitrogens with zero attached hydrogens (tertiary/aromatic N) is 1. The lowest BCUT2D eigenvalue weighted by Crippen LogP contribution is -2.05. The van der Waals surface area contributed by atoms with Gasteiger partial charge in [-0.05, 0) is 60.9 Å². The van der Waals surface area contributed by atoms with Crippen LogP contribution in [-0.4, -0.2) is 12.6 Å². The molecular weight excluding hydrogens is 362 g/mol. The van der Waals surface area contributed by atoms with Gasteiger partial charge < -0.3 is 9.15 Å². The van der Waals surface area contributed by atoms with Crippen LogP contribution in [0, 0.1) is 11.3 Å². The van der Waals surface area contributed by atoms with Gasteiger partial charge in [-0.2, -0.15) is 5.26 Å². The summed E-state index contributed by atoms with van der Waals surface area (Å²) in [5, 5.41) is 10.5. The maximum absolute atomic E-state index is 11.9. The minimum Gasteiger partial charge on any atom is -0.462 e. The highest BCUT2D eigenvalue weighted by Crippen LogP contribution is 2.31. The molecular formula is C25H19NO3. The Morgan fingerprint density at radius 1 is 1.00 bits per heavy atom. The van der Waals surface area contributed by atoms with E-state index in [1.807, 2.05) is 30.3 Å². The summed E-state index contributed by atoms with van der Waals surface area (Å²) in [6, 6.07) is 25.4. The summed E-state index contributed by atoms with van der Waals surface area (Å²) in [5.41, 5.74) is 4.58. The van der Waals surface area contributed by atoms with E-state index in [2.05, 4.69) is 30.3 Å². The number of carbonyl (C=O) groups excluding carboxylic acids is 1.